The van der Waals surface area contributed by atoms with E-state index >= 15 is 0 Å². The van der Waals surface area contributed by atoms with E-state index in [4.69, 9.17) is 4.74 Å². The van der Waals surface area contributed by atoms with Gasteiger partial charge in [0.05, 0.1) is 30.1 Å². The Kier molecular flexibility index (Phi) is 6.11. The molecule has 0 aromatic heterocycles. The number of hydrogen-bond acceptors (Lipinski definition) is 5. The van der Waals surface area contributed by atoms with Gasteiger partial charge >= 0.3 is 0 Å². The summed E-state index contributed by atoms with van der Waals surface area (Å²) in [6, 6.07) is 7.27. The molecule has 1 aliphatic rings. The number of nitrogens with one attached hydrogen (secondary N) is 1. The van der Waals surface area contributed by atoms with Crippen LogP contribution < -0.4 is 4.72 Å². The molecule has 8 heteroatoms. The number of ether oxygens (including phenoxy) is 1. The summed E-state index contributed by atoms with van der Waals surface area (Å²) >= 11 is 0. The molecule has 2 N–H and O–H groups in total. The summed E-state index contributed by atoms with van der Waals surface area (Å²) < 4.78 is 32.9. The number of carbonyl (C=O) groups excluding carboxylic acids is 1. The van der Waals surface area contributed by atoms with Crippen molar-refractivity contribution in [2.45, 2.75) is 29.6 Å². The Bertz CT molecular complexity index is 688. The second kappa shape index (κ2) is 7.89. The zero-order valence-corrected chi connectivity index (χ0v) is 14.4. The van der Waals surface area contributed by atoms with Crippen LogP contribution >= 0.6 is 0 Å². The normalized spacial score (nSPS) is 23.9. The van der Waals surface area contributed by atoms with Crippen molar-refractivity contribution in [2.75, 3.05) is 20.7 Å². The minimum absolute atomic E-state index is 0.107. The minimum Gasteiger partial charge on any atom is -0.394 e. The fourth-order valence-corrected chi connectivity index (χ4v) is 3.55. The number of aliphatic hydroxyl groups excluding tert-OH is 1. The maximum atomic E-state index is 12.4. The molecule has 3 atom stereocenters. The highest BCUT2D eigenvalue weighted by atomic mass is 32.2. The predicted molar refractivity (Wildman–Crippen MR) is 88.7 cm³/mol. The highest BCUT2D eigenvalue weighted by molar-refractivity contribution is 7.89. The summed E-state index contributed by atoms with van der Waals surface area (Å²) in [4.78, 5) is 13.3. The van der Waals surface area contributed by atoms with E-state index in [1.165, 1.54) is 17.0 Å². The first kappa shape index (κ1) is 18.6. The SMILES string of the molecule is CN(C)C(=O)C[C@H]1C=C[C@@H](NS(=O)(=O)c2ccccc2)[C@H](CO)O1. The predicted octanol–water partition coefficient (Wildman–Crippen LogP) is 0.128. The van der Waals surface area contributed by atoms with Gasteiger partial charge in [-0.3, -0.25) is 4.79 Å². The fraction of sp³-hybridized carbons (Fsp3) is 0.438. The van der Waals surface area contributed by atoms with Crippen LogP contribution in [0.3, 0.4) is 0 Å². The van der Waals surface area contributed by atoms with Gasteiger partial charge in [0.15, 0.2) is 0 Å². The van der Waals surface area contributed by atoms with E-state index in [0.29, 0.717) is 0 Å². The van der Waals surface area contributed by atoms with Crippen LogP contribution in [0.2, 0.25) is 0 Å². The third-order valence-electron chi connectivity index (χ3n) is 3.68. The maximum absolute atomic E-state index is 12.4. The molecule has 0 spiro atoms. The second-order valence-electron chi connectivity index (χ2n) is 5.73. The summed E-state index contributed by atoms with van der Waals surface area (Å²) in [5.74, 6) is -0.107. The van der Waals surface area contributed by atoms with E-state index in [1.807, 2.05) is 0 Å². The molecule has 0 saturated carbocycles. The number of amides is 1. The summed E-state index contributed by atoms with van der Waals surface area (Å²) in [6.07, 6.45) is 2.16. The fourth-order valence-electron chi connectivity index (χ4n) is 2.31. The molecular formula is C16H22N2O5S. The van der Waals surface area contributed by atoms with Crippen molar-refractivity contribution in [2.24, 2.45) is 0 Å². The van der Waals surface area contributed by atoms with Gasteiger partial charge in [-0.05, 0) is 12.1 Å². The van der Waals surface area contributed by atoms with Crippen LogP contribution in [0, 0.1) is 0 Å². The van der Waals surface area contributed by atoms with Crippen molar-refractivity contribution in [3.63, 3.8) is 0 Å². The summed E-state index contributed by atoms with van der Waals surface area (Å²) in [7, 11) is -0.428. The van der Waals surface area contributed by atoms with Gasteiger partial charge < -0.3 is 14.7 Å². The first-order valence-electron chi connectivity index (χ1n) is 7.55. The van der Waals surface area contributed by atoms with Crippen molar-refractivity contribution in [1.29, 1.82) is 0 Å². The van der Waals surface area contributed by atoms with Crippen LogP contribution in [0.1, 0.15) is 6.42 Å². The van der Waals surface area contributed by atoms with Crippen LogP contribution in [0.25, 0.3) is 0 Å². The highest BCUT2D eigenvalue weighted by Gasteiger charge is 2.31. The highest BCUT2D eigenvalue weighted by Crippen LogP contribution is 2.18. The lowest BCUT2D eigenvalue weighted by molar-refractivity contribution is -0.132. The Morgan fingerprint density at radius 2 is 1.92 bits per heavy atom. The third-order valence-corrected chi connectivity index (χ3v) is 5.16. The van der Waals surface area contributed by atoms with Crippen LogP contribution in [0.4, 0.5) is 0 Å². The van der Waals surface area contributed by atoms with E-state index in [9.17, 15) is 18.3 Å². The molecule has 24 heavy (non-hydrogen) atoms. The molecule has 0 radical (unpaired) electrons. The number of hydrogen-bond donors (Lipinski definition) is 2. The molecule has 0 unspecified atom stereocenters. The standard InChI is InChI=1S/C16H22N2O5S/c1-18(2)16(20)10-12-8-9-14(15(11-19)23-12)17-24(21,22)13-6-4-3-5-7-13/h3-9,12,14-15,17,19H,10-11H2,1-2H3/t12-,14-,15+/m1/s1. The average molecular weight is 354 g/mol. The van der Waals surface area contributed by atoms with Crippen molar-refractivity contribution in [3.8, 4) is 0 Å². The van der Waals surface area contributed by atoms with Gasteiger partial charge in [0.25, 0.3) is 0 Å². The van der Waals surface area contributed by atoms with E-state index < -0.39 is 28.3 Å². The van der Waals surface area contributed by atoms with Crippen molar-refractivity contribution in [3.05, 3.63) is 42.5 Å². The third kappa shape index (κ3) is 4.64. The van der Waals surface area contributed by atoms with Crippen LogP contribution in [-0.4, -0.2) is 63.3 Å². The van der Waals surface area contributed by atoms with Gasteiger partial charge in [0, 0.05) is 14.1 Å². The molecular weight excluding hydrogens is 332 g/mol. The number of carbonyl (C=O) groups is 1. The van der Waals surface area contributed by atoms with Gasteiger partial charge in [0.2, 0.25) is 15.9 Å². The zero-order chi connectivity index (χ0) is 17.7. The summed E-state index contributed by atoms with van der Waals surface area (Å²) in [5, 5.41) is 9.50. The van der Waals surface area contributed by atoms with Crippen molar-refractivity contribution < 1.29 is 23.1 Å². The topological polar surface area (TPSA) is 95.9 Å². The number of nitrogens with zero attached hydrogens (tertiary/aromatic N) is 1. The van der Waals surface area contributed by atoms with Crippen LogP contribution in [-0.2, 0) is 19.6 Å². The molecule has 0 bridgehead atoms. The molecule has 2 rings (SSSR count). The zero-order valence-electron chi connectivity index (χ0n) is 13.6. The number of aliphatic hydroxyl groups is 1. The number of sulfonamides is 1. The number of rotatable bonds is 6. The molecule has 1 aromatic rings. The van der Waals surface area contributed by atoms with Gasteiger partial charge in [-0.2, -0.15) is 0 Å². The monoisotopic (exact) mass is 354 g/mol. The molecule has 1 aromatic carbocycles. The summed E-state index contributed by atoms with van der Waals surface area (Å²) in [6.45, 7) is -0.362. The first-order chi connectivity index (χ1) is 11.3. The molecule has 0 fully saturated rings. The molecule has 1 heterocycles. The van der Waals surface area contributed by atoms with E-state index in [0.717, 1.165) is 0 Å². The molecule has 7 nitrogen and oxygen atoms in total. The van der Waals surface area contributed by atoms with Crippen molar-refractivity contribution in [1.82, 2.24) is 9.62 Å². The molecule has 1 amide bonds. The molecule has 0 aliphatic carbocycles. The van der Waals surface area contributed by atoms with Gasteiger partial charge in [0.1, 0.15) is 6.10 Å². The first-order valence-corrected chi connectivity index (χ1v) is 9.04. The summed E-state index contributed by atoms with van der Waals surface area (Å²) in [5.41, 5.74) is 0. The quantitative estimate of drug-likeness (QED) is 0.708. The largest absolute Gasteiger partial charge is 0.394 e. The lowest BCUT2D eigenvalue weighted by Gasteiger charge is -2.31. The Morgan fingerprint density at radius 3 is 2.50 bits per heavy atom. The smallest absolute Gasteiger partial charge is 0.241 e. The van der Waals surface area contributed by atoms with E-state index in [-0.39, 0.29) is 23.8 Å². The van der Waals surface area contributed by atoms with Crippen LogP contribution in [0.5, 0.6) is 0 Å². The minimum atomic E-state index is -3.72. The Morgan fingerprint density at radius 1 is 1.25 bits per heavy atom. The Hall–Kier alpha value is -1.74. The lowest BCUT2D eigenvalue weighted by atomic mass is 10.1. The second-order valence-corrected chi connectivity index (χ2v) is 7.45. The van der Waals surface area contributed by atoms with Crippen molar-refractivity contribution >= 4 is 15.9 Å². The molecule has 1 aliphatic heterocycles. The van der Waals surface area contributed by atoms with Gasteiger partial charge in [-0.25, -0.2) is 13.1 Å². The van der Waals surface area contributed by atoms with E-state index in [1.54, 1.807) is 44.4 Å². The molecule has 0 saturated heterocycles. The van der Waals surface area contributed by atoms with E-state index in [2.05, 4.69) is 4.72 Å². The maximum Gasteiger partial charge on any atom is 0.241 e. The van der Waals surface area contributed by atoms with Crippen LogP contribution in [0.15, 0.2) is 47.4 Å². The average Bonchev–Trinajstić information content (AvgIpc) is 2.56. The molecule has 132 valence electrons. The van der Waals surface area contributed by atoms with Gasteiger partial charge in [-0.15, -0.1) is 0 Å². The Labute approximate surface area is 142 Å². The van der Waals surface area contributed by atoms with Gasteiger partial charge in [-0.1, -0.05) is 30.4 Å². The number of benzene rings is 1. The lowest BCUT2D eigenvalue weighted by Crippen LogP contribution is -2.48. The Balaban J connectivity index is 2.09.